The Morgan fingerprint density at radius 3 is 3.06 bits per heavy atom. The molecule has 0 spiro atoms. The molecule has 5 heteroatoms. The topological polar surface area (TPSA) is 65.5 Å². The standard InChI is InChI=1S/C11H7NO4/c1-14-11-6-2-3-15-7(6)4-8-10(11)12-5-9(13)16-8/h2-5H,1H3. The Hall–Kier alpha value is -2.30. The van der Waals surface area contributed by atoms with E-state index in [9.17, 15) is 4.79 Å². The number of benzene rings is 1. The van der Waals surface area contributed by atoms with Crippen LogP contribution in [0.25, 0.3) is 22.1 Å². The van der Waals surface area contributed by atoms with Gasteiger partial charge in [-0.1, -0.05) is 0 Å². The van der Waals surface area contributed by atoms with Gasteiger partial charge >= 0.3 is 5.63 Å². The monoisotopic (exact) mass is 217 g/mol. The zero-order valence-corrected chi connectivity index (χ0v) is 8.39. The molecular formula is C11H7NO4. The van der Waals surface area contributed by atoms with Crippen molar-refractivity contribution in [3.63, 3.8) is 0 Å². The molecule has 2 aromatic heterocycles. The second-order valence-corrected chi connectivity index (χ2v) is 3.27. The van der Waals surface area contributed by atoms with Gasteiger partial charge in [0, 0.05) is 6.07 Å². The van der Waals surface area contributed by atoms with Gasteiger partial charge in [0.2, 0.25) is 0 Å². The Morgan fingerprint density at radius 1 is 1.38 bits per heavy atom. The number of ether oxygens (including phenoxy) is 1. The van der Waals surface area contributed by atoms with Gasteiger partial charge in [-0.15, -0.1) is 0 Å². The molecule has 0 radical (unpaired) electrons. The highest BCUT2D eigenvalue weighted by molar-refractivity contribution is 5.99. The van der Waals surface area contributed by atoms with Crippen molar-refractivity contribution in [3.05, 3.63) is 35.0 Å². The molecule has 0 N–H and O–H groups in total. The highest BCUT2D eigenvalue weighted by Gasteiger charge is 2.13. The number of hydrogen-bond donors (Lipinski definition) is 0. The Morgan fingerprint density at radius 2 is 2.25 bits per heavy atom. The van der Waals surface area contributed by atoms with Gasteiger partial charge < -0.3 is 13.6 Å². The Kier molecular flexibility index (Phi) is 1.73. The molecule has 0 amide bonds. The SMILES string of the molecule is COc1c2ccoc2cc2oc(=O)cnc12. The zero-order chi connectivity index (χ0) is 11.1. The molecule has 0 fully saturated rings. The van der Waals surface area contributed by atoms with Crippen LogP contribution in [0.3, 0.4) is 0 Å². The van der Waals surface area contributed by atoms with E-state index in [0.29, 0.717) is 22.4 Å². The highest BCUT2D eigenvalue weighted by atomic mass is 16.5. The predicted molar refractivity (Wildman–Crippen MR) is 56.6 cm³/mol. The minimum atomic E-state index is -0.500. The summed E-state index contributed by atoms with van der Waals surface area (Å²) in [6, 6.07) is 3.40. The first-order valence-corrected chi connectivity index (χ1v) is 4.63. The average Bonchev–Trinajstić information content (AvgIpc) is 2.73. The fraction of sp³-hybridized carbons (Fsp3) is 0.0909. The van der Waals surface area contributed by atoms with Crippen LogP contribution in [0.5, 0.6) is 5.75 Å². The molecule has 0 atom stereocenters. The summed E-state index contributed by atoms with van der Waals surface area (Å²) in [4.78, 5) is 15.1. The Bertz CT molecular complexity index is 726. The molecule has 80 valence electrons. The van der Waals surface area contributed by atoms with Crippen molar-refractivity contribution in [1.82, 2.24) is 4.98 Å². The van der Waals surface area contributed by atoms with E-state index < -0.39 is 5.63 Å². The van der Waals surface area contributed by atoms with Crippen LogP contribution in [-0.2, 0) is 0 Å². The van der Waals surface area contributed by atoms with Gasteiger partial charge in [0.15, 0.2) is 11.3 Å². The van der Waals surface area contributed by atoms with Crippen LogP contribution in [-0.4, -0.2) is 12.1 Å². The lowest BCUT2D eigenvalue weighted by molar-refractivity contribution is 0.422. The summed E-state index contributed by atoms with van der Waals surface area (Å²) in [5.41, 5.74) is 0.962. The number of furan rings is 1. The summed E-state index contributed by atoms with van der Waals surface area (Å²) in [5.74, 6) is 0.546. The van der Waals surface area contributed by atoms with Crippen LogP contribution < -0.4 is 10.4 Å². The lowest BCUT2D eigenvalue weighted by Gasteiger charge is -2.03. The van der Waals surface area contributed by atoms with Crippen molar-refractivity contribution in [2.75, 3.05) is 7.11 Å². The minimum Gasteiger partial charge on any atom is -0.494 e. The second-order valence-electron chi connectivity index (χ2n) is 3.27. The summed E-state index contributed by atoms with van der Waals surface area (Å²) < 4.78 is 15.5. The summed E-state index contributed by atoms with van der Waals surface area (Å²) >= 11 is 0. The molecule has 0 bridgehead atoms. The molecule has 0 unspecified atom stereocenters. The van der Waals surface area contributed by atoms with E-state index in [2.05, 4.69) is 4.98 Å². The number of nitrogens with zero attached hydrogens (tertiary/aromatic N) is 1. The first kappa shape index (κ1) is 8.96. The van der Waals surface area contributed by atoms with Crippen LogP contribution in [0.1, 0.15) is 0 Å². The number of methoxy groups -OCH3 is 1. The van der Waals surface area contributed by atoms with E-state index in [1.165, 1.54) is 7.11 Å². The fourth-order valence-corrected chi connectivity index (χ4v) is 1.71. The van der Waals surface area contributed by atoms with E-state index in [-0.39, 0.29) is 0 Å². The molecule has 0 aliphatic carbocycles. The van der Waals surface area contributed by atoms with Gasteiger partial charge in [0.1, 0.15) is 17.3 Å². The number of fused-ring (bicyclic) bond motifs is 2. The average molecular weight is 217 g/mol. The van der Waals surface area contributed by atoms with Crippen molar-refractivity contribution in [2.24, 2.45) is 0 Å². The van der Waals surface area contributed by atoms with Crippen LogP contribution >= 0.6 is 0 Å². The third kappa shape index (κ3) is 1.11. The minimum absolute atomic E-state index is 0.354. The molecule has 1 aromatic carbocycles. The number of aromatic nitrogens is 1. The van der Waals surface area contributed by atoms with Crippen LogP contribution in [0.2, 0.25) is 0 Å². The normalized spacial score (nSPS) is 11.1. The molecule has 5 nitrogen and oxygen atoms in total. The first-order chi connectivity index (χ1) is 7.79. The van der Waals surface area contributed by atoms with E-state index in [4.69, 9.17) is 13.6 Å². The van der Waals surface area contributed by atoms with Crippen molar-refractivity contribution in [3.8, 4) is 5.75 Å². The summed E-state index contributed by atoms with van der Waals surface area (Å²) in [6.07, 6.45) is 2.67. The van der Waals surface area contributed by atoms with Gasteiger partial charge in [-0.05, 0) is 6.07 Å². The Labute approximate surface area is 89.3 Å². The maximum atomic E-state index is 11.1. The van der Waals surface area contributed by atoms with Crippen molar-refractivity contribution < 1.29 is 13.6 Å². The van der Waals surface area contributed by atoms with Gasteiger partial charge in [-0.25, -0.2) is 9.78 Å². The molecule has 0 saturated heterocycles. The van der Waals surface area contributed by atoms with Gasteiger partial charge in [0.25, 0.3) is 0 Å². The van der Waals surface area contributed by atoms with Crippen molar-refractivity contribution in [1.29, 1.82) is 0 Å². The summed E-state index contributed by atoms with van der Waals surface area (Å²) in [5, 5.41) is 0.802. The van der Waals surface area contributed by atoms with Crippen LogP contribution in [0, 0.1) is 0 Å². The molecule has 0 aliphatic heterocycles. The lowest BCUT2D eigenvalue weighted by atomic mass is 10.2. The van der Waals surface area contributed by atoms with Crippen LogP contribution in [0.4, 0.5) is 0 Å². The third-order valence-electron chi connectivity index (χ3n) is 2.36. The highest BCUT2D eigenvalue weighted by Crippen LogP contribution is 2.33. The smallest absolute Gasteiger partial charge is 0.354 e. The number of hydrogen-bond acceptors (Lipinski definition) is 5. The molecule has 0 saturated carbocycles. The maximum absolute atomic E-state index is 11.1. The van der Waals surface area contributed by atoms with Gasteiger partial charge in [-0.2, -0.15) is 0 Å². The van der Waals surface area contributed by atoms with Crippen LogP contribution in [0.15, 0.2) is 38.2 Å². The van der Waals surface area contributed by atoms with Gasteiger partial charge in [0.05, 0.1) is 18.8 Å². The zero-order valence-electron chi connectivity index (χ0n) is 8.39. The summed E-state index contributed by atoms with van der Waals surface area (Å²) in [6.45, 7) is 0. The predicted octanol–water partition coefficient (Wildman–Crippen LogP) is 1.94. The molecule has 3 rings (SSSR count). The largest absolute Gasteiger partial charge is 0.494 e. The van der Waals surface area contributed by atoms with E-state index in [1.807, 2.05) is 0 Å². The van der Waals surface area contributed by atoms with E-state index >= 15 is 0 Å². The molecular weight excluding hydrogens is 210 g/mol. The lowest BCUT2D eigenvalue weighted by Crippen LogP contribution is -1.99. The van der Waals surface area contributed by atoms with Crippen molar-refractivity contribution >= 4 is 22.1 Å². The van der Waals surface area contributed by atoms with E-state index in [1.54, 1.807) is 18.4 Å². The Balaban J connectivity index is 2.58. The summed E-state index contributed by atoms with van der Waals surface area (Å²) in [7, 11) is 1.54. The molecule has 0 aliphatic rings. The molecule has 16 heavy (non-hydrogen) atoms. The maximum Gasteiger partial charge on any atom is 0.354 e. The fourth-order valence-electron chi connectivity index (χ4n) is 1.71. The molecule has 3 aromatic rings. The number of rotatable bonds is 1. The quantitative estimate of drug-likeness (QED) is 0.623. The molecule has 2 heterocycles. The third-order valence-corrected chi connectivity index (χ3v) is 2.36. The second kappa shape index (κ2) is 3.10. The van der Waals surface area contributed by atoms with Crippen molar-refractivity contribution in [2.45, 2.75) is 0 Å². The van der Waals surface area contributed by atoms with Gasteiger partial charge in [-0.3, -0.25) is 0 Å². The van der Waals surface area contributed by atoms with E-state index in [0.717, 1.165) is 11.6 Å². The first-order valence-electron chi connectivity index (χ1n) is 4.63.